The summed E-state index contributed by atoms with van der Waals surface area (Å²) >= 11 is 1.99. The van der Waals surface area contributed by atoms with Gasteiger partial charge >= 0.3 is 0 Å². The van der Waals surface area contributed by atoms with Crippen LogP contribution in [0.3, 0.4) is 0 Å². The maximum Gasteiger partial charge on any atom is 0.223 e. The first-order chi connectivity index (χ1) is 7.20. The standard InChI is InChI=1S/C12H23NOS/c1-10(2)9-15-8-4-7-13-12(14)11-5-3-6-11/h10-11H,3-9H2,1-2H3,(H,13,14). The molecule has 0 aromatic carbocycles. The third-order valence-corrected chi connectivity index (χ3v) is 4.17. The fourth-order valence-corrected chi connectivity index (χ4v) is 2.51. The summed E-state index contributed by atoms with van der Waals surface area (Å²) in [5, 5.41) is 3.02. The van der Waals surface area contributed by atoms with Gasteiger partial charge in [-0.2, -0.15) is 11.8 Å². The van der Waals surface area contributed by atoms with Crippen molar-refractivity contribution >= 4 is 17.7 Å². The largest absolute Gasteiger partial charge is 0.356 e. The molecule has 0 bridgehead atoms. The molecule has 1 aliphatic rings. The molecule has 88 valence electrons. The molecule has 1 fully saturated rings. The summed E-state index contributed by atoms with van der Waals surface area (Å²) in [7, 11) is 0. The maximum absolute atomic E-state index is 11.4. The second-order valence-electron chi connectivity index (χ2n) is 4.74. The fourth-order valence-electron chi connectivity index (χ4n) is 1.52. The van der Waals surface area contributed by atoms with E-state index in [9.17, 15) is 4.79 Å². The topological polar surface area (TPSA) is 29.1 Å². The summed E-state index contributed by atoms with van der Waals surface area (Å²) in [6.07, 6.45) is 4.56. The molecule has 0 heterocycles. The van der Waals surface area contributed by atoms with Crippen molar-refractivity contribution in [3.8, 4) is 0 Å². The Hall–Kier alpha value is -0.180. The molecule has 3 heteroatoms. The Bertz CT molecular complexity index is 190. The number of carbonyl (C=O) groups excluding carboxylic acids is 1. The van der Waals surface area contributed by atoms with Gasteiger partial charge in [0.2, 0.25) is 5.91 Å². The van der Waals surface area contributed by atoms with Crippen LogP contribution in [-0.2, 0) is 4.79 Å². The van der Waals surface area contributed by atoms with Gasteiger partial charge in [0.1, 0.15) is 0 Å². The number of nitrogens with one attached hydrogen (secondary N) is 1. The Kier molecular flexibility index (Phi) is 6.15. The molecule has 0 saturated heterocycles. The number of rotatable bonds is 7. The van der Waals surface area contributed by atoms with Crippen molar-refractivity contribution in [1.82, 2.24) is 5.32 Å². The van der Waals surface area contributed by atoms with Gasteiger partial charge in [-0.3, -0.25) is 4.79 Å². The molecule has 0 spiro atoms. The highest BCUT2D eigenvalue weighted by Crippen LogP contribution is 2.26. The third-order valence-electron chi connectivity index (χ3n) is 2.69. The van der Waals surface area contributed by atoms with E-state index in [1.807, 2.05) is 11.8 Å². The summed E-state index contributed by atoms with van der Waals surface area (Å²) in [4.78, 5) is 11.4. The molecule has 0 atom stereocenters. The minimum absolute atomic E-state index is 0.287. The van der Waals surface area contributed by atoms with Gasteiger partial charge in [0.05, 0.1) is 0 Å². The average Bonchev–Trinajstić information content (AvgIpc) is 2.07. The van der Waals surface area contributed by atoms with E-state index in [0.717, 1.165) is 31.7 Å². The first-order valence-corrected chi connectivity index (χ1v) is 7.21. The second kappa shape index (κ2) is 7.15. The van der Waals surface area contributed by atoms with Crippen LogP contribution in [0, 0.1) is 11.8 Å². The van der Waals surface area contributed by atoms with Crippen molar-refractivity contribution < 1.29 is 4.79 Å². The number of carbonyl (C=O) groups is 1. The zero-order valence-electron chi connectivity index (χ0n) is 9.92. The molecule has 0 aliphatic heterocycles. The number of amides is 1. The van der Waals surface area contributed by atoms with Crippen molar-refractivity contribution in [1.29, 1.82) is 0 Å². The summed E-state index contributed by atoms with van der Waals surface area (Å²) < 4.78 is 0. The van der Waals surface area contributed by atoms with Gasteiger partial charge in [0, 0.05) is 12.5 Å². The van der Waals surface area contributed by atoms with Crippen LogP contribution in [0.1, 0.15) is 39.5 Å². The Morgan fingerprint density at radius 3 is 2.73 bits per heavy atom. The zero-order chi connectivity index (χ0) is 11.1. The lowest BCUT2D eigenvalue weighted by molar-refractivity contribution is -0.127. The van der Waals surface area contributed by atoms with Crippen LogP contribution in [-0.4, -0.2) is 24.0 Å². The van der Waals surface area contributed by atoms with Crippen LogP contribution in [0.15, 0.2) is 0 Å². The molecule has 2 nitrogen and oxygen atoms in total. The maximum atomic E-state index is 11.4. The van der Waals surface area contributed by atoms with E-state index in [4.69, 9.17) is 0 Å². The van der Waals surface area contributed by atoms with E-state index < -0.39 is 0 Å². The normalized spacial score (nSPS) is 16.5. The molecule has 0 unspecified atom stereocenters. The van der Waals surface area contributed by atoms with Crippen molar-refractivity contribution in [3.05, 3.63) is 0 Å². The van der Waals surface area contributed by atoms with Gasteiger partial charge in [-0.25, -0.2) is 0 Å². The lowest BCUT2D eigenvalue weighted by Crippen LogP contribution is -2.35. The summed E-state index contributed by atoms with van der Waals surface area (Å²) in [5.74, 6) is 3.81. The van der Waals surface area contributed by atoms with Gasteiger partial charge in [-0.05, 0) is 36.7 Å². The van der Waals surface area contributed by atoms with Crippen molar-refractivity contribution in [2.75, 3.05) is 18.1 Å². The number of hydrogen-bond acceptors (Lipinski definition) is 2. The van der Waals surface area contributed by atoms with Gasteiger partial charge < -0.3 is 5.32 Å². The Labute approximate surface area is 97.6 Å². The predicted octanol–water partition coefficient (Wildman–Crippen LogP) is 2.68. The fraction of sp³-hybridized carbons (Fsp3) is 0.917. The molecule has 15 heavy (non-hydrogen) atoms. The molecular weight excluding hydrogens is 206 g/mol. The molecule has 0 aromatic rings. The summed E-state index contributed by atoms with van der Waals surface area (Å²) in [5.41, 5.74) is 0. The van der Waals surface area contributed by atoms with Crippen molar-refractivity contribution in [2.45, 2.75) is 39.5 Å². The Morgan fingerprint density at radius 1 is 1.47 bits per heavy atom. The SMILES string of the molecule is CC(C)CSCCCNC(=O)C1CCC1. The predicted molar refractivity (Wildman–Crippen MR) is 67.1 cm³/mol. The average molecular weight is 229 g/mol. The quantitative estimate of drug-likeness (QED) is 0.680. The minimum atomic E-state index is 0.287. The zero-order valence-corrected chi connectivity index (χ0v) is 10.7. The van der Waals surface area contributed by atoms with Gasteiger partial charge in [0.25, 0.3) is 0 Å². The van der Waals surface area contributed by atoms with E-state index in [2.05, 4.69) is 19.2 Å². The van der Waals surface area contributed by atoms with Gasteiger partial charge in [-0.15, -0.1) is 0 Å². The molecule has 0 radical (unpaired) electrons. The molecule has 1 rings (SSSR count). The van der Waals surface area contributed by atoms with Crippen LogP contribution in [0.25, 0.3) is 0 Å². The van der Waals surface area contributed by atoms with Crippen molar-refractivity contribution in [3.63, 3.8) is 0 Å². The summed E-state index contributed by atoms with van der Waals surface area (Å²) in [6.45, 7) is 5.34. The lowest BCUT2D eigenvalue weighted by atomic mass is 9.85. The Balaban J connectivity index is 1.86. The van der Waals surface area contributed by atoms with Crippen LogP contribution in [0.5, 0.6) is 0 Å². The molecule has 0 aromatic heterocycles. The number of thioether (sulfide) groups is 1. The highest BCUT2D eigenvalue weighted by atomic mass is 32.2. The highest BCUT2D eigenvalue weighted by Gasteiger charge is 2.24. The van der Waals surface area contributed by atoms with E-state index in [1.54, 1.807) is 0 Å². The van der Waals surface area contributed by atoms with Crippen LogP contribution in [0.4, 0.5) is 0 Å². The van der Waals surface area contributed by atoms with E-state index in [0.29, 0.717) is 5.92 Å². The highest BCUT2D eigenvalue weighted by molar-refractivity contribution is 7.99. The van der Waals surface area contributed by atoms with Gasteiger partial charge in [-0.1, -0.05) is 20.3 Å². The van der Waals surface area contributed by atoms with Crippen LogP contribution >= 0.6 is 11.8 Å². The van der Waals surface area contributed by atoms with Crippen molar-refractivity contribution in [2.24, 2.45) is 11.8 Å². The molecular formula is C12H23NOS. The van der Waals surface area contributed by atoms with E-state index >= 15 is 0 Å². The monoisotopic (exact) mass is 229 g/mol. The lowest BCUT2D eigenvalue weighted by Gasteiger charge is -2.23. The molecule has 1 N–H and O–H groups in total. The van der Waals surface area contributed by atoms with E-state index in [-0.39, 0.29) is 5.91 Å². The molecule has 1 saturated carbocycles. The van der Waals surface area contributed by atoms with Crippen LogP contribution < -0.4 is 5.32 Å². The summed E-state index contributed by atoms with van der Waals surface area (Å²) in [6, 6.07) is 0. The first kappa shape index (κ1) is 12.9. The number of hydrogen-bond donors (Lipinski definition) is 1. The minimum Gasteiger partial charge on any atom is -0.356 e. The van der Waals surface area contributed by atoms with Crippen LogP contribution in [0.2, 0.25) is 0 Å². The first-order valence-electron chi connectivity index (χ1n) is 6.05. The van der Waals surface area contributed by atoms with Gasteiger partial charge in [0.15, 0.2) is 0 Å². The third kappa shape index (κ3) is 5.45. The second-order valence-corrected chi connectivity index (χ2v) is 5.89. The Morgan fingerprint density at radius 2 is 2.20 bits per heavy atom. The molecule has 1 amide bonds. The molecule has 1 aliphatic carbocycles. The van der Waals surface area contributed by atoms with E-state index in [1.165, 1.54) is 17.9 Å². The smallest absolute Gasteiger partial charge is 0.223 e.